The first-order valence-electron chi connectivity index (χ1n) is 9.46. The van der Waals surface area contributed by atoms with Crippen molar-refractivity contribution in [2.45, 2.75) is 40.2 Å². The minimum Gasteiger partial charge on any atom is -0.319 e. The molecule has 4 aromatic rings. The Balaban J connectivity index is 2.00. The van der Waals surface area contributed by atoms with Gasteiger partial charge in [0.1, 0.15) is 5.82 Å². The predicted molar refractivity (Wildman–Crippen MR) is 107 cm³/mol. The number of fused-ring (bicyclic) bond motifs is 2. The van der Waals surface area contributed by atoms with Crippen LogP contribution in [-0.2, 0) is 6.54 Å². The SMILES string of the molecule is Cc1c(Cn2c(C(C)C(C)C)nc3nccnc32)c2ccc(F)c(F)c2[nH]c1=O. The molecule has 1 atom stereocenters. The van der Waals surface area contributed by atoms with Crippen LogP contribution in [0.3, 0.4) is 0 Å². The van der Waals surface area contributed by atoms with Gasteiger partial charge in [0.05, 0.1) is 12.1 Å². The Morgan fingerprint density at radius 2 is 1.86 bits per heavy atom. The molecule has 0 spiro atoms. The van der Waals surface area contributed by atoms with E-state index in [1.807, 2.05) is 4.57 Å². The summed E-state index contributed by atoms with van der Waals surface area (Å²) in [6, 6.07) is 2.56. The van der Waals surface area contributed by atoms with Crippen LogP contribution in [-0.4, -0.2) is 24.5 Å². The number of halogens is 2. The molecule has 0 aliphatic rings. The summed E-state index contributed by atoms with van der Waals surface area (Å²) >= 11 is 0. The first-order valence-corrected chi connectivity index (χ1v) is 9.46. The molecule has 3 heterocycles. The van der Waals surface area contributed by atoms with Gasteiger partial charge in [-0.25, -0.2) is 23.7 Å². The molecule has 6 nitrogen and oxygen atoms in total. The highest BCUT2D eigenvalue weighted by atomic mass is 19.2. The molecule has 0 aliphatic carbocycles. The van der Waals surface area contributed by atoms with Gasteiger partial charge < -0.3 is 9.55 Å². The van der Waals surface area contributed by atoms with Crippen molar-refractivity contribution in [3.05, 3.63) is 63.5 Å². The van der Waals surface area contributed by atoms with Crippen molar-refractivity contribution >= 4 is 22.2 Å². The predicted octanol–water partition coefficient (Wildman–Crippen LogP) is 4.06. The number of hydrogen-bond acceptors (Lipinski definition) is 4. The van der Waals surface area contributed by atoms with Crippen LogP contribution in [0.1, 0.15) is 43.6 Å². The molecule has 0 saturated heterocycles. The Labute approximate surface area is 165 Å². The molecule has 1 unspecified atom stereocenters. The van der Waals surface area contributed by atoms with Crippen LogP contribution in [0.4, 0.5) is 8.78 Å². The summed E-state index contributed by atoms with van der Waals surface area (Å²) in [4.78, 5) is 28.3. The normalized spacial score (nSPS) is 12.9. The average molecular weight is 397 g/mol. The average Bonchev–Trinajstić information content (AvgIpc) is 3.06. The van der Waals surface area contributed by atoms with Gasteiger partial charge >= 0.3 is 0 Å². The number of aromatic nitrogens is 5. The van der Waals surface area contributed by atoms with Gasteiger partial charge in [-0.15, -0.1) is 0 Å². The second-order valence-corrected chi connectivity index (χ2v) is 7.63. The first-order chi connectivity index (χ1) is 13.8. The largest absolute Gasteiger partial charge is 0.319 e. The number of nitrogens with zero attached hydrogens (tertiary/aromatic N) is 4. The third-order valence-corrected chi connectivity index (χ3v) is 5.59. The third kappa shape index (κ3) is 3.08. The molecule has 0 radical (unpaired) electrons. The lowest BCUT2D eigenvalue weighted by atomic mass is 9.97. The Kier molecular flexibility index (Phi) is 4.64. The maximum absolute atomic E-state index is 14.3. The zero-order chi connectivity index (χ0) is 20.9. The summed E-state index contributed by atoms with van der Waals surface area (Å²) in [5.74, 6) is -0.859. The Morgan fingerprint density at radius 3 is 2.59 bits per heavy atom. The fourth-order valence-electron chi connectivity index (χ4n) is 3.50. The number of benzene rings is 1. The maximum atomic E-state index is 14.3. The molecule has 0 amide bonds. The fraction of sp³-hybridized carbons (Fsp3) is 0.333. The van der Waals surface area contributed by atoms with Crippen molar-refractivity contribution in [3.63, 3.8) is 0 Å². The van der Waals surface area contributed by atoms with E-state index in [-0.39, 0.29) is 18.0 Å². The highest BCUT2D eigenvalue weighted by Crippen LogP contribution is 2.29. The summed E-state index contributed by atoms with van der Waals surface area (Å²) in [6.45, 7) is 8.19. The molecule has 3 aromatic heterocycles. The van der Waals surface area contributed by atoms with E-state index in [0.717, 1.165) is 11.9 Å². The minimum absolute atomic E-state index is 0.105. The summed E-state index contributed by atoms with van der Waals surface area (Å²) < 4.78 is 30.0. The van der Waals surface area contributed by atoms with Crippen LogP contribution in [0.2, 0.25) is 0 Å². The van der Waals surface area contributed by atoms with Gasteiger partial charge in [0.25, 0.3) is 5.56 Å². The van der Waals surface area contributed by atoms with Crippen molar-refractivity contribution in [1.82, 2.24) is 24.5 Å². The summed E-state index contributed by atoms with van der Waals surface area (Å²) in [5.41, 5.74) is 1.56. The van der Waals surface area contributed by atoms with E-state index in [0.29, 0.717) is 33.7 Å². The molecule has 0 bridgehead atoms. The number of nitrogens with one attached hydrogen (secondary N) is 1. The van der Waals surface area contributed by atoms with E-state index in [4.69, 9.17) is 0 Å². The van der Waals surface area contributed by atoms with E-state index in [1.165, 1.54) is 6.07 Å². The van der Waals surface area contributed by atoms with Gasteiger partial charge in [-0.1, -0.05) is 20.8 Å². The van der Waals surface area contributed by atoms with Gasteiger partial charge in [0.15, 0.2) is 22.9 Å². The van der Waals surface area contributed by atoms with Gasteiger partial charge in [-0.3, -0.25) is 4.79 Å². The van der Waals surface area contributed by atoms with Crippen LogP contribution in [0, 0.1) is 24.5 Å². The summed E-state index contributed by atoms with van der Waals surface area (Å²) in [6.07, 6.45) is 3.16. The summed E-state index contributed by atoms with van der Waals surface area (Å²) in [7, 11) is 0. The highest BCUT2D eigenvalue weighted by Gasteiger charge is 2.23. The van der Waals surface area contributed by atoms with E-state index >= 15 is 0 Å². The molecule has 8 heteroatoms. The van der Waals surface area contributed by atoms with E-state index < -0.39 is 17.2 Å². The molecule has 0 fully saturated rings. The Hall–Kier alpha value is -3.16. The Bertz CT molecular complexity index is 1290. The molecule has 1 aromatic carbocycles. The van der Waals surface area contributed by atoms with Gasteiger partial charge in [-0.2, -0.15) is 0 Å². The van der Waals surface area contributed by atoms with Crippen LogP contribution in [0.25, 0.3) is 22.2 Å². The van der Waals surface area contributed by atoms with Gasteiger partial charge in [0, 0.05) is 29.3 Å². The smallest absolute Gasteiger partial charge is 0.251 e. The maximum Gasteiger partial charge on any atom is 0.251 e. The van der Waals surface area contributed by atoms with Gasteiger partial charge in [-0.05, 0) is 30.5 Å². The molecular formula is C21H21F2N5O. The molecule has 0 aliphatic heterocycles. The number of hydrogen-bond donors (Lipinski definition) is 1. The quantitative estimate of drug-likeness (QED) is 0.563. The Morgan fingerprint density at radius 1 is 1.14 bits per heavy atom. The number of imidazole rings is 1. The van der Waals surface area contributed by atoms with Crippen LogP contribution >= 0.6 is 0 Å². The molecule has 150 valence electrons. The van der Waals surface area contributed by atoms with Crippen LogP contribution < -0.4 is 5.56 Å². The molecular weight excluding hydrogens is 376 g/mol. The number of pyridine rings is 1. The molecule has 4 rings (SSSR count). The number of rotatable bonds is 4. The second-order valence-electron chi connectivity index (χ2n) is 7.63. The first kappa shape index (κ1) is 19.2. The van der Waals surface area contributed by atoms with Gasteiger partial charge in [0.2, 0.25) is 0 Å². The number of H-pyrrole nitrogens is 1. The van der Waals surface area contributed by atoms with E-state index in [2.05, 4.69) is 40.7 Å². The van der Waals surface area contributed by atoms with Crippen molar-refractivity contribution in [2.75, 3.05) is 0 Å². The lowest BCUT2D eigenvalue weighted by molar-refractivity contribution is 0.493. The molecule has 0 saturated carbocycles. The zero-order valence-electron chi connectivity index (χ0n) is 16.6. The molecule has 1 N–H and O–H groups in total. The highest BCUT2D eigenvalue weighted by molar-refractivity contribution is 5.84. The lowest BCUT2D eigenvalue weighted by Crippen LogP contribution is -2.18. The van der Waals surface area contributed by atoms with Crippen molar-refractivity contribution in [1.29, 1.82) is 0 Å². The van der Waals surface area contributed by atoms with Crippen LogP contribution in [0.5, 0.6) is 0 Å². The van der Waals surface area contributed by atoms with Crippen molar-refractivity contribution < 1.29 is 8.78 Å². The summed E-state index contributed by atoms with van der Waals surface area (Å²) in [5, 5.41) is 0.454. The zero-order valence-corrected chi connectivity index (χ0v) is 16.6. The number of aromatic amines is 1. The standard InChI is InChI=1S/C21H21F2N5O/c1-10(2)11(3)19-27-18-20(25-8-7-24-18)28(19)9-14-12(4)21(29)26-17-13(14)5-6-15(22)16(17)23/h5-8,10-11H,9H2,1-4H3,(H,26,29). The van der Waals surface area contributed by atoms with E-state index in [9.17, 15) is 13.6 Å². The van der Waals surface area contributed by atoms with Crippen LogP contribution in [0.15, 0.2) is 29.3 Å². The lowest BCUT2D eigenvalue weighted by Gasteiger charge is -2.19. The van der Waals surface area contributed by atoms with E-state index in [1.54, 1.807) is 19.3 Å². The molecule has 29 heavy (non-hydrogen) atoms. The monoisotopic (exact) mass is 397 g/mol. The second kappa shape index (κ2) is 7.02. The van der Waals surface area contributed by atoms with Crippen molar-refractivity contribution in [2.24, 2.45) is 5.92 Å². The minimum atomic E-state index is -1.06. The topological polar surface area (TPSA) is 76.5 Å². The van der Waals surface area contributed by atoms with Crippen molar-refractivity contribution in [3.8, 4) is 0 Å². The fourth-order valence-corrected chi connectivity index (χ4v) is 3.50. The third-order valence-electron chi connectivity index (χ3n) is 5.59.